The van der Waals surface area contributed by atoms with Crippen molar-refractivity contribution < 1.29 is 4.43 Å². The summed E-state index contributed by atoms with van der Waals surface area (Å²) < 4.78 is 6.75. The van der Waals surface area contributed by atoms with Gasteiger partial charge < -0.3 is 4.43 Å². The van der Waals surface area contributed by atoms with Crippen LogP contribution in [-0.4, -0.2) is 22.5 Å². The zero-order chi connectivity index (χ0) is 18.5. The van der Waals surface area contributed by atoms with E-state index in [0.29, 0.717) is 6.10 Å². The Morgan fingerprint density at radius 1 is 0.625 bits per heavy atom. The van der Waals surface area contributed by atoms with Gasteiger partial charge in [0.05, 0.1) is 0 Å². The number of hydrogen-bond donors (Lipinski definition) is 0. The van der Waals surface area contributed by atoms with Crippen LogP contribution >= 0.6 is 0 Å². The van der Waals surface area contributed by atoms with Gasteiger partial charge in [0.25, 0.3) is 0 Å². The normalized spacial score (nSPS) is 14.1. The molecule has 0 saturated carbocycles. The van der Waals surface area contributed by atoms with Crippen molar-refractivity contribution >= 4 is 16.4 Å². The van der Waals surface area contributed by atoms with Gasteiger partial charge in [0.2, 0.25) is 0 Å². The van der Waals surface area contributed by atoms with Gasteiger partial charge in [0.15, 0.2) is 8.32 Å². The summed E-state index contributed by atoms with van der Waals surface area (Å²) in [5.74, 6) is 0. The molecule has 0 spiro atoms. The maximum Gasteiger partial charge on any atom is 0.184 e. The fraction of sp³-hybridized carbons (Fsp3) is 1.00. The minimum atomic E-state index is -1.48. The van der Waals surface area contributed by atoms with E-state index in [0.717, 1.165) is 0 Å². The molecule has 0 amide bonds. The molecule has 0 aliphatic heterocycles. The molecule has 1 nitrogen and oxygen atoms in total. The van der Waals surface area contributed by atoms with Crippen LogP contribution in [0.2, 0.25) is 38.4 Å². The Morgan fingerprint density at radius 3 is 1.58 bits per heavy atom. The second kappa shape index (κ2) is 13.6. The fourth-order valence-electron chi connectivity index (χ4n) is 3.97. The number of hydrogen-bond acceptors (Lipinski definition) is 1. The van der Waals surface area contributed by atoms with Crippen molar-refractivity contribution in [2.75, 3.05) is 0 Å². The first-order chi connectivity index (χ1) is 11.2. The van der Waals surface area contributed by atoms with E-state index in [4.69, 9.17) is 4.43 Å². The molecular formula is C21H48OSi2. The maximum atomic E-state index is 6.75. The zero-order valence-electron chi connectivity index (χ0n) is 18.2. The molecule has 0 heterocycles. The second-order valence-electron chi connectivity index (χ2n) is 9.64. The summed E-state index contributed by atoms with van der Waals surface area (Å²) in [7, 11) is -2.49. The highest BCUT2D eigenvalue weighted by atomic mass is 28.4. The van der Waals surface area contributed by atoms with Crippen LogP contribution in [0.25, 0.3) is 0 Å². The van der Waals surface area contributed by atoms with E-state index in [1.54, 1.807) is 0 Å². The molecule has 0 fully saturated rings. The molecule has 3 heteroatoms. The summed E-state index contributed by atoms with van der Waals surface area (Å²) >= 11 is 0. The molecule has 0 bridgehead atoms. The van der Waals surface area contributed by atoms with Crippen LogP contribution in [0.5, 0.6) is 0 Å². The smallest absolute Gasteiger partial charge is 0.184 e. The lowest BCUT2D eigenvalue weighted by Gasteiger charge is -2.33. The molecule has 0 aromatic rings. The monoisotopic (exact) mass is 372 g/mol. The summed E-state index contributed by atoms with van der Waals surface area (Å²) in [6, 6.07) is 0. The van der Waals surface area contributed by atoms with E-state index in [2.05, 4.69) is 46.6 Å². The Labute approximate surface area is 156 Å². The Balaban J connectivity index is 4.08. The van der Waals surface area contributed by atoms with Gasteiger partial charge in [-0.25, -0.2) is 0 Å². The first-order valence-electron chi connectivity index (χ1n) is 10.9. The summed E-state index contributed by atoms with van der Waals surface area (Å²) in [5.41, 5.74) is 1.40. The zero-order valence-corrected chi connectivity index (χ0v) is 20.2. The highest BCUT2D eigenvalue weighted by molar-refractivity contribution is 6.92. The third-order valence-corrected chi connectivity index (χ3v) is 13.3. The molecule has 146 valence electrons. The first-order valence-corrected chi connectivity index (χ1v) is 17.7. The van der Waals surface area contributed by atoms with E-state index in [9.17, 15) is 0 Å². The molecule has 0 N–H and O–H groups in total. The molecule has 0 aliphatic carbocycles. The minimum absolute atomic E-state index is 0.544. The molecular weight excluding hydrogens is 324 g/mol. The molecule has 0 rings (SSSR count). The van der Waals surface area contributed by atoms with Gasteiger partial charge in [-0.3, -0.25) is 0 Å². The molecule has 24 heavy (non-hydrogen) atoms. The van der Waals surface area contributed by atoms with Gasteiger partial charge in [-0.05, 0) is 31.6 Å². The lowest BCUT2D eigenvalue weighted by molar-refractivity contribution is 0.165. The highest BCUT2D eigenvalue weighted by Crippen LogP contribution is 2.25. The molecule has 0 aliphatic rings. The van der Waals surface area contributed by atoms with Crippen molar-refractivity contribution in [2.45, 2.75) is 135 Å². The minimum Gasteiger partial charge on any atom is -0.415 e. The van der Waals surface area contributed by atoms with Crippen LogP contribution in [0, 0.1) is 0 Å². The van der Waals surface area contributed by atoms with Crippen LogP contribution in [-0.2, 0) is 4.43 Å². The molecule has 1 unspecified atom stereocenters. The van der Waals surface area contributed by atoms with Crippen molar-refractivity contribution in [3.63, 3.8) is 0 Å². The van der Waals surface area contributed by atoms with Gasteiger partial charge in [0.1, 0.15) is 0 Å². The standard InChI is InChI=1S/C21H48OSi2/c1-8-10-12-13-14-15-16-17-19-21(18-11-9-2)22-24(6,7)20-23(3,4)5/h21H,8-20H2,1-7H3. The third kappa shape index (κ3) is 15.9. The third-order valence-electron chi connectivity index (χ3n) is 4.70. The van der Waals surface area contributed by atoms with Gasteiger partial charge in [-0.1, -0.05) is 97.7 Å². The van der Waals surface area contributed by atoms with E-state index in [1.807, 2.05) is 0 Å². The Bertz CT molecular complexity index is 284. The molecule has 0 radical (unpaired) electrons. The van der Waals surface area contributed by atoms with Crippen molar-refractivity contribution in [3.8, 4) is 0 Å². The Kier molecular flexibility index (Phi) is 13.8. The summed E-state index contributed by atoms with van der Waals surface area (Å²) in [5, 5.41) is 0. The van der Waals surface area contributed by atoms with E-state index in [-0.39, 0.29) is 0 Å². The van der Waals surface area contributed by atoms with Crippen molar-refractivity contribution in [2.24, 2.45) is 0 Å². The van der Waals surface area contributed by atoms with E-state index >= 15 is 0 Å². The number of rotatable bonds is 16. The maximum absolute atomic E-state index is 6.75. The van der Waals surface area contributed by atoms with Gasteiger partial charge in [0, 0.05) is 14.2 Å². The summed E-state index contributed by atoms with van der Waals surface area (Å²) in [6.45, 7) is 17.0. The largest absolute Gasteiger partial charge is 0.415 e. The quantitative estimate of drug-likeness (QED) is 0.196. The average Bonchev–Trinajstić information content (AvgIpc) is 2.44. The first kappa shape index (κ1) is 24.4. The van der Waals surface area contributed by atoms with Gasteiger partial charge in [-0.15, -0.1) is 0 Å². The van der Waals surface area contributed by atoms with Crippen LogP contribution in [0.15, 0.2) is 0 Å². The topological polar surface area (TPSA) is 9.23 Å². The van der Waals surface area contributed by atoms with Crippen molar-refractivity contribution in [3.05, 3.63) is 0 Å². The Morgan fingerprint density at radius 2 is 1.08 bits per heavy atom. The summed E-state index contributed by atoms with van der Waals surface area (Å²) in [4.78, 5) is 0. The lowest BCUT2D eigenvalue weighted by atomic mass is 10.0. The summed E-state index contributed by atoms with van der Waals surface area (Å²) in [6.07, 6.45) is 17.1. The second-order valence-corrected chi connectivity index (χ2v) is 19.9. The predicted octanol–water partition coefficient (Wildman–Crippen LogP) is 8.18. The predicted molar refractivity (Wildman–Crippen MR) is 117 cm³/mol. The van der Waals surface area contributed by atoms with Crippen LogP contribution in [0.4, 0.5) is 0 Å². The van der Waals surface area contributed by atoms with Crippen molar-refractivity contribution in [1.82, 2.24) is 0 Å². The molecule has 1 atom stereocenters. The van der Waals surface area contributed by atoms with Crippen LogP contribution < -0.4 is 0 Å². The fourth-order valence-corrected chi connectivity index (χ4v) is 15.7. The van der Waals surface area contributed by atoms with Crippen molar-refractivity contribution in [1.29, 1.82) is 0 Å². The molecule has 0 aromatic heterocycles. The number of unbranched alkanes of at least 4 members (excludes halogenated alkanes) is 8. The van der Waals surface area contributed by atoms with Gasteiger partial charge in [-0.2, -0.15) is 0 Å². The lowest BCUT2D eigenvalue weighted by Crippen LogP contribution is -2.42. The Hall–Kier alpha value is 0.394. The van der Waals surface area contributed by atoms with Gasteiger partial charge >= 0.3 is 0 Å². The molecule has 0 saturated heterocycles. The molecule has 0 aromatic carbocycles. The average molecular weight is 373 g/mol. The SMILES string of the molecule is CCCCCCCCCCC(CCCC)O[Si](C)(C)C[Si](C)(C)C. The highest BCUT2D eigenvalue weighted by Gasteiger charge is 2.32. The van der Waals surface area contributed by atoms with Crippen LogP contribution in [0.1, 0.15) is 90.9 Å². The van der Waals surface area contributed by atoms with E-state index in [1.165, 1.54) is 82.7 Å². The van der Waals surface area contributed by atoms with Crippen LogP contribution in [0.3, 0.4) is 0 Å². The van der Waals surface area contributed by atoms with E-state index < -0.39 is 16.4 Å².